The molecule has 2 fully saturated rings. The van der Waals surface area contributed by atoms with E-state index >= 15 is 0 Å². The van der Waals surface area contributed by atoms with Gasteiger partial charge in [-0.05, 0) is 31.2 Å². The summed E-state index contributed by atoms with van der Waals surface area (Å²) in [5.74, 6) is -6.21. The molecule has 2 amide bonds. The molecule has 4 atom stereocenters. The van der Waals surface area contributed by atoms with E-state index in [4.69, 9.17) is 4.74 Å². The molecule has 2 heterocycles. The SMILES string of the molecule is COc1cccc([C@@H]2N[C@](C)(C(=O)O)[C@H]3C(=O)N(c4cccc(C(F)(F)F)c4)C(=O)[C@H]23)c1O. The Bertz CT molecular complexity index is 1170. The molecule has 2 aromatic carbocycles. The Kier molecular flexibility index (Phi) is 5.12. The van der Waals surface area contributed by atoms with Crippen molar-refractivity contribution in [3.8, 4) is 11.5 Å². The molecule has 2 saturated heterocycles. The Hall–Kier alpha value is -3.60. The number of benzene rings is 2. The minimum atomic E-state index is -4.70. The van der Waals surface area contributed by atoms with Gasteiger partial charge in [0.2, 0.25) is 11.8 Å². The fourth-order valence-electron chi connectivity index (χ4n) is 4.63. The zero-order chi connectivity index (χ0) is 24.3. The zero-order valence-electron chi connectivity index (χ0n) is 17.4. The molecule has 2 aliphatic rings. The molecule has 174 valence electrons. The van der Waals surface area contributed by atoms with E-state index in [1.807, 2.05) is 0 Å². The number of hydrogen-bond acceptors (Lipinski definition) is 6. The number of imide groups is 1. The van der Waals surface area contributed by atoms with Gasteiger partial charge in [0.15, 0.2) is 11.5 Å². The third-order valence-corrected chi connectivity index (χ3v) is 6.25. The van der Waals surface area contributed by atoms with Crippen LogP contribution in [0.25, 0.3) is 0 Å². The van der Waals surface area contributed by atoms with E-state index in [-0.39, 0.29) is 22.7 Å². The Morgan fingerprint density at radius 1 is 1.15 bits per heavy atom. The second kappa shape index (κ2) is 7.48. The summed E-state index contributed by atoms with van der Waals surface area (Å²) in [6.07, 6.45) is -4.70. The molecule has 0 bridgehead atoms. The molecular weight excluding hydrogens is 445 g/mol. The number of aliphatic carboxylic acids is 1. The van der Waals surface area contributed by atoms with Crippen molar-refractivity contribution >= 4 is 23.5 Å². The van der Waals surface area contributed by atoms with Gasteiger partial charge >= 0.3 is 12.1 Å². The number of phenolic OH excluding ortho intramolecular Hbond substituents is 1. The van der Waals surface area contributed by atoms with Gasteiger partial charge in [0.1, 0.15) is 5.54 Å². The molecule has 33 heavy (non-hydrogen) atoms. The third-order valence-electron chi connectivity index (χ3n) is 6.25. The van der Waals surface area contributed by atoms with Crippen LogP contribution in [0, 0.1) is 11.8 Å². The minimum Gasteiger partial charge on any atom is -0.504 e. The van der Waals surface area contributed by atoms with Gasteiger partial charge in [-0.25, -0.2) is 4.90 Å². The summed E-state index contributed by atoms with van der Waals surface area (Å²) in [5, 5.41) is 23.3. The van der Waals surface area contributed by atoms with E-state index in [9.17, 15) is 37.8 Å². The van der Waals surface area contributed by atoms with E-state index in [0.29, 0.717) is 11.0 Å². The Morgan fingerprint density at radius 3 is 2.42 bits per heavy atom. The predicted octanol–water partition coefficient (Wildman–Crippen LogP) is 2.71. The summed E-state index contributed by atoms with van der Waals surface area (Å²) < 4.78 is 44.7. The van der Waals surface area contributed by atoms with Crippen molar-refractivity contribution in [3.63, 3.8) is 0 Å². The van der Waals surface area contributed by atoms with Crippen LogP contribution in [0.1, 0.15) is 24.1 Å². The highest BCUT2D eigenvalue weighted by Crippen LogP contribution is 2.52. The Balaban J connectivity index is 1.84. The molecule has 3 N–H and O–H groups in total. The number of rotatable bonds is 4. The van der Waals surface area contributed by atoms with Crippen LogP contribution < -0.4 is 15.0 Å². The number of para-hydroxylation sites is 1. The number of carboxylic acids is 1. The number of aromatic hydroxyl groups is 1. The predicted molar refractivity (Wildman–Crippen MR) is 107 cm³/mol. The number of phenols is 1. The van der Waals surface area contributed by atoms with Gasteiger partial charge < -0.3 is 14.9 Å². The number of carbonyl (C=O) groups is 3. The van der Waals surface area contributed by atoms with Crippen LogP contribution in [0.15, 0.2) is 42.5 Å². The summed E-state index contributed by atoms with van der Waals surface area (Å²) in [4.78, 5) is 39.4. The molecule has 0 spiro atoms. The number of fused-ring (bicyclic) bond motifs is 1. The topological polar surface area (TPSA) is 116 Å². The first-order valence-corrected chi connectivity index (χ1v) is 9.84. The highest BCUT2D eigenvalue weighted by Gasteiger charge is 2.67. The number of alkyl halides is 3. The van der Waals surface area contributed by atoms with Gasteiger partial charge in [-0.15, -0.1) is 0 Å². The molecule has 0 radical (unpaired) electrons. The number of halogens is 3. The molecule has 0 aromatic heterocycles. The second-order valence-electron chi connectivity index (χ2n) is 8.09. The molecular formula is C22H19F3N2O6. The molecule has 8 nitrogen and oxygen atoms in total. The number of carbonyl (C=O) groups excluding carboxylic acids is 2. The van der Waals surface area contributed by atoms with Crippen LogP contribution in [0.4, 0.5) is 18.9 Å². The molecule has 4 rings (SSSR count). The second-order valence-corrected chi connectivity index (χ2v) is 8.09. The lowest BCUT2D eigenvalue weighted by Crippen LogP contribution is -2.53. The largest absolute Gasteiger partial charge is 0.504 e. The first-order valence-electron chi connectivity index (χ1n) is 9.84. The van der Waals surface area contributed by atoms with Gasteiger partial charge in [-0.2, -0.15) is 13.2 Å². The van der Waals surface area contributed by atoms with Crippen LogP contribution in [-0.4, -0.2) is 40.6 Å². The van der Waals surface area contributed by atoms with Crippen molar-refractivity contribution in [1.29, 1.82) is 0 Å². The maximum atomic E-state index is 13.4. The van der Waals surface area contributed by atoms with Crippen LogP contribution in [0.2, 0.25) is 0 Å². The number of ether oxygens (including phenoxy) is 1. The fourth-order valence-corrected chi connectivity index (χ4v) is 4.63. The van der Waals surface area contributed by atoms with E-state index < -0.39 is 52.9 Å². The highest BCUT2D eigenvalue weighted by molar-refractivity contribution is 6.24. The molecule has 0 aliphatic carbocycles. The van der Waals surface area contributed by atoms with Crippen molar-refractivity contribution in [1.82, 2.24) is 5.32 Å². The van der Waals surface area contributed by atoms with E-state index in [2.05, 4.69) is 5.32 Å². The van der Waals surface area contributed by atoms with Crippen LogP contribution in [-0.2, 0) is 20.6 Å². The number of nitrogens with one attached hydrogen (secondary N) is 1. The summed E-state index contributed by atoms with van der Waals surface area (Å²) in [5.41, 5.74) is -3.16. The quantitative estimate of drug-likeness (QED) is 0.596. The number of hydrogen-bond donors (Lipinski definition) is 3. The lowest BCUT2D eigenvalue weighted by Gasteiger charge is -2.27. The molecule has 0 unspecified atom stereocenters. The van der Waals surface area contributed by atoms with Crippen molar-refractivity contribution in [2.45, 2.75) is 24.7 Å². The first-order chi connectivity index (χ1) is 15.4. The van der Waals surface area contributed by atoms with Crippen LogP contribution in [0.3, 0.4) is 0 Å². The van der Waals surface area contributed by atoms with Crippen LogP contribution in [0.5, 0.6) is 11.5 Å². The fraction of sp³-hybridized carbons (Fsp3) is 0.318. The van der Waals surface area contributed by atoms with Gasteiger partial charge in [0, 0.05) is 11.6 Å². The van der Waals surface area contributed by atoms with Gasteiger partial charge in [-0.1, -0.05) is 18.2 Å². The average Bonchev–Trinajstić information content (AvgIpc) is 3.21. The summed E-state index contributed by atoms with van der Waals surface area (Å²) >= 11 is 0. The molecule has 0 saturated carbocycles. The average molecular weight is 464 g/mol. The van der Waals surface area contributed by atoms with Crippen molar-refractivity contribution in [2.24, 2.45) is 11.8 Å². The number of nitrogens with zero attached hydrogens (tertiary/aromatic N) is 1. The third kappa shape index (κ3) is 3.30. The lowest BCUT2D eigenvalue weighted by atomic mass is 9.80. The molecule has 2 aromatic rings. The number of methoxy groups -OCH3 is 1. The maximum absolute atomic E-state index is 13.4. The van der Waals surface area contributed by atoms with Crippen molar-refractivity contribution in [3.05, 3.63) is 53.6 Å². The van der Waals surface area contributed by atoms with E-state index in [0.717, 1.165) is 12.1 Å². The standard InChI is InChI=1S/C22H19F3N2O6/c1-21(20(31)32)15-14(16(26-21)12-7-4-8-13(33-2)17(12)28)18(29)27(19(15)30)11-6-3-5-10(9-11)22(23,24)25/h3-9,14-16,26,28H,1-2H3,(H,31,32)/t14-,15+,16-,21-/m0/s1. The molecule has 11 heteroatoms. The summed E-state index contributed by atoms with van der Waals surface area (Å²) in [6.45, 7) is 1.23. The lowest BCUT2D eigenvalue weighted by molar-refractivity contribution is -0.147. The molecule has 2 aliphatic heterocycles. The number of amides is 2. The van der Waals surface area contributed by atoms with Gasteiger partial charge in [-0.3, -0.25) is 19.7 Å². The minimum absolute atomic E-state index is 0.0706. The summed E-state index contributed by atoms with van der Waals surface area (Å²) in [6, 6.07) is 7.02. The van der Waals surface area contributed by atoms with E-state index in [1.54, 1.807) is 0 Å². The van der Waals surface area contributed by atoms with Gasteiger partial charge in [0.05, 0.1) is 30.2 Å². The van der Waals surface area contributed by atoms with E-state index in [1.165, 1.54) is 38.3 Å². The summed E-state index contributed by atoms with van der Waals surface area (Å²) in [7, 11) is 1.31. The highest BCUT2D eigenvalue weighted by atomic mass is 19.4. The zero-order valence-corrected chi connectivity index (χ0v) is 17.4. The Morgan fingerprint density at radius 2 is 1.82 bits per heavy atom. The van der Waals surface area contributed by atoms with Crippen molar-refractivity contribution < 1.29 is 42.5 Å². The Labute approximate surface area is 185 Å². The normalized spacial score (nSPS) is 27.1. The number of carboxylic acid groups (broad SMARTS) is 1. The first kappa shape index (κ1) is 22.6. The number of anilines is 1. The monoisotopic (exact) mass is 464 g/mol. The van der Waals surface area contributed by atoms with Gasteiger partial charge in [0.25, 0.3) is 0 Å². The smallest absolute Gasteiger partial charge is 0.416 e. The van der Waals surface area contributed by atoms with Crippen LogP contribution >= 0.6 is 0 Å². The van der Waals surface area contributed by atoms with Crippen molar-refractivity contribution in [2.75, 3.05) is 12.0 Å². The maximum Gasteiger partial charge on any atom is 0.416 e.